The molecule has 0 saturated carbocycles. The molecule has 9 nitrogen and oxygen atoms in total. The molecule has 0 unspecified atom stereocenters. The lowest BCUT2D eigenvalue weighted by Crippen LogP contribution is -2.14. The first-order valence-corrected chi connectivity index (χ1v) is 10.0. The van der Waals surface area contributed by atoms with Crippen LogP contribution >= 0.6 is 11.6 Å². The fourth-order valence-electron chi connectivity index (χ4n) is 3.12. The van der Waals surface area contributed by atoms with E-state index in [9.17, 15) is 4.79 Å². The maximum Gasteiger partial charge on any atom is 0.255 e. The number of rotatable bonds is 7. The number of methoxy groups -OCH3 is 1. The Hall–Kier alpha value is -3.85. The van der Waals surface area contributed by atoms with Crippen molar-refractivity contribution in [1.82, 2.24) is 19.9 Å². The Morgan fingerprint density at radius 1 is 1.19 bits per heavy atom. The highest BCUT2D eigenvalue weighted by atomic mass is 35.5. The van der Waals surface area contributed by atoms with Gasteiger partial charge in [0, 0.05) is 10.6 Å². The second-order valence-electron chi connectivity index (χ2n) is 6.91. The topological polar surface area (TPSA) is 104 Å². The average Bonchev–Trinajstić information content (AvgIpc) is 3.42. The Morgan fingerprint density at radius 3 is 2.72 bits per heavy atom. The highest BCUT2D eigenvalue weighted by Crippen LogP contribution is 2.30. The number of carbonyl (C=O) groups excluding carboxylic acids is 1. The molecule has 0 aliphatic rings. The lowest BCUT2D eigenvalue weighted by atomic mass is 10.1. The van der Waals surface area contributed by atoms with Crippen molar-refractivity contribution in [3.05, 3.63) is 76.7 Å². The zero-order valence-corrected chi connectivity index (χ0v) is 18.4. The molecule has 0 bridgehead atoms. The van der Waals surface area contributed by atoms with Gasteiger partial charge in [-0.05, 0) is 50.2 Å². The summed E-state index contributed by atoms with van der Waals surface area (Å²) in [6.07, 6.45) is 2.94. The average molecular weight is 454 g/mol. The van der Waals surface area contributed by atoms with Crippen molar-refractivity contribution >= 4 is 23.2 Å². The summed E-state index contributed by atoms with van der Waals surface area (Å²) in [7, 11) is 1.51. The van der Waals surface area contributed by atoms with Crippen LogP contribution in [0.15, 0.2) is 53.6 Å². The first-order valence-electron chi connectivity index (χ1n) is 9.64. The summed E-state index contributed by atoms with van der Waals surface area (Å²) in [6.45, 7) is 3.95. The molecule has 1 amide bonds. The zero-order chi connectivity index (χ0) is 22.7. The highest BCUT2D eigenvalue weighted by Gasteiger charge is 2.16. The number of hydrogen-bond acceptors (Lipinski definition) is 7. The van der Waals surface area contributed by atoms with Crippen LogP contribution in [0.2, 0.25) is 5.02 Å². The third-order valence-electron chi connectivity index (χ3n) is 4.85. The quantitative estimate of drug-likeness (QED) is 0.443. The molecule has 32 heavy (non-hydrogen) atoms. The molecular weight excluding hydrogens is 434 g/mol. The van der Waals surface area contributed by atoms with Gasteiger partial charge < -0.3 is 19.3 Å². The molecule has 0 saturated heterocycles. The molecular formula is C22H20ClN5O4. The van der Waals surface area contributed by atoms with Gasteiger partial charge in [0.05, 0.1) is 29.7 Å². The van der Waals surface area contributed by atoms with E-state index < -0.39 is 0 Å². The van der Waals surface area contributed by atoms with Gasteiger partial charge in [0.2, 0.25) is 0 Å². The summed E-state index contributed by atoms with van der Waals surface area (Å²) >= 11 is 6.13. The van der Waals surface area contributed by atoms with Gasteiger partial charge in [0.1, 0.15) is 25.0 Å². The smallest absolute Gasteiger partial charge is 0.255 e. The van der Waals surface area contributed by atoms with Gasteiger partial charge in [-0.1, -0.05) is 16.8 Å². The van der Waals surface area contributed by atoms with Crippen LogP contribution in [0.3, 0.4) is 0 Å². The number of aryl methyl sites for hydroxylation is 2. The summed E-state index contributed by atoms with van der Waals surface area (Å²) in [4.78, 5) is 16.9. The standard InChI is InChI=1S/C22H20ClN5O4/c1-13-17(14(2)32-27-13)10-31-20-7-4-15(8-21(20)30-3)22(29)26-18-9-16(23)5-6-19(18)28-12-24-11-25-28/h4-9,11-12H,10H2,1-3H3,(H,26,29). The SMILES string of the molecule is COc1cc(C(=O)Nc2cc(Cl)ccc2-n2cncn2)ccc1OCc1c(C)noc1C. The van der Waals surface area contributed by atoms with Crippen LogP contribution in [-0.4, -0.2) is 32.9 Å². The number of ether oxygens (including phenoxy) is 2. The largest absolute Gasteiger partial charge is 0.493 e. The number of benzene rings is 2. The van der Waals surface area contributed by atoms with E-state index in [2.05, 4.69) is 20.6 Å². The van der Waals surface area contributed by atoms with E-state index in [4.69, 9.17) is 25.6 Å². The Balaban J connectivity index is 1.54. The van der Waals surface area contributed by atoms with Crippen molar-refractivity contribution in [1.29, 1.82) is 0 Å². The van der Waals surface area contributed by atoms with Gasteiger partial charge in [0.15, 0.2) is 11.5 Å². The molecule has 4 rings (SSSR count). The van der Waals surface area contributed by atoms with E-state index in [0.29, 0.717) is 39.2 Å². The number of nitrogens with zero attached hydrogens (tertiary/aromatic N) is 4. The number of amides is 1. The number of anilines is 1. The maximum atomic E-state index is 12.9. The molecule has 4 aromatic rings. The van der Waals surface area contributed by atoms with Gasteiger partial charge in [-0.3, -0.25) is 4.79 Å². The fourth-order valence-corrected chi connectivity index (χ4v) is 3.29. The Kier molecular flexibility index (Phi) is 6.09. The van der Waals surface area contributed by atoms with Gasteiger partial charge >= 0.3 is 0 Å². The number of hydrogen-bond donors (Lipinski definition) is 1. The van der Waals surface area contributed by atoms with Crippen molar-refractivity contribution < 1.29 is 18.8 Å². The molecule has 0 atom stereocenters. The summed E-state index contributed by atoms with van der Waals surface area (Å²) in [5.74, 6) is 1.27. The number of nitrogens with one attached hydrogen (secondary N) is 1. The maximum absolute atomic E-state index is 12.9. The minimum absolute atomic E-state index is 0.271. The second-order valence-corrected chi connectivity index (χ2v) is 7.35. The van der Waals surface area contributed by atoms with E-state index in [-0.39, 0.29) is 12.5 Å². The molecule has 0 aliphatic carbocycles. The minimum Gasteiger partial charge on any atom is -0.493 e. The zero-order valence-electron chi connectivity index (χ0n) is 17.6. The third kappa shape index (κ3) is 4.42. The Morgan fingerprint density at radius 2 is 2.03 bits per heavy atom. The van der Waals surface area contributed by atoms with E-state index in [1.54, 1.807) is 36.4 Å². The molecule has 2 aromatic carbocycles. The van der Waals surface area contributed by atoms with E-state index >= 15 is 0 Å². The first-order chi connectivity index (χ1) is 15.5. The number of aromatic nitrogens is 4. The van der Waals surface area contributed by atoms with Crippen LogP contribution in [0.25, 0.3) is 5.69 Å². The molecule has 10 heteroatoms. The Bertz CT molecular complexity index is 1230. The van der Waals surface area contributed by atoms with Gasteiger partial charge in [-0.25, -0.2) is 9.67 Å². The van der Waals surface area contributed by atoms with Gasteiger partial charge in [-0.2, -0.15) is 5.10 Å². The fraction of sp³-hybridized carbons (Fsp3) is 0.182. The predicted molar refractivity (Wildman–Crippen MR) is 118 cm³/mol. The summed E-state index contributed by atoms with van der Waals surface area (Å²) in [6, 6.07) is 10.1. The van der Waals surface area contributed by atoms with Crippen LogP contribution in [0.5, 0.6) is 11.5 Å². The van der Waals surface area contributed by atoms with E-state index in [1.807, 2.05) is 13.8 Å². The van der Waals surface area contributed by atoms with Crippen LogP contribution in [0.4, 0.5) is 5.69 Å². The second kappa shape index (κ2) is 9.11. The van der Waals surface area contributed by atoms with Crippen molar-refractivity contribution in [2.75, 3.05) is 12.4 Å². The molecule has 0 fully saturated rings. The highest BCUT2D eigenvalue weighted by molar-refractivity contribution is 6.31. The summed E-state index contributed by atoms with van der Waals surface area (Å²) < 4.78 is 18.0. The third-order valence-corrected chi connectivity index (χ3v) is 5.09. The van der Waals surface area contributed by atoms with Crippen LogP contribution in [-0.2, 0) is 6.61 Å². The van der Waals surface area contributed by atoms with Crippen molar-refractivity contribution in [3.8, 4) is 17.2 Å². The lowest BCUT2D eigenvalue weighted by Gasteiger charge is -2.14. The summed E-state index contributed by atoms with van der Waals surface area (Å²) in [5, 5.41) is 11.4. The van der Waals surface area contributed by atoms with Crippen molar-refractivity contribution in [2.24, 2.45) is 0 Å². The molecule has 0 aliphatic heterocycles. The van der Waals surface area contributed by atoms with E-state index in [1.165, 1.54) is 24.4 Å². The summed E-state index contributed by atoms with van der Waals surface area (Å²) in [5.41, 5.74) is 3.14. The molecule has 2 heterocycles. The van der Waals surface area contributed by atoms with Crippen LogP contribution in [0, 0.1) is 13.8 Å². The molecule has 164 valence electrons. The van der Waals surface area contributed by atoms with Crippen molar-refractivity contribution in [3.63, 3.8) is 0 Å². The van der Waals surface area contributed by atoms with Crippen LogP contribution in [0.1, 0.15) is 27.4 Å². The van der Waals surface area contributed by atoms with Gasteiger partial charge in [-0.15, -0.1) is 0 Å². The van der Waals surface area contributed by atoms with Crippen LogP contribution < -0.4 is 14.8 Å². The molecule has 2 aromatic heterocycles. The van der Waals surface area contributed by atoms with E-state index in [0.717, 1.165) is 11.3 Å². The lowest BCUT2D eigenvalue weighted by molar-refractivity contribution is 0.102. The minimum atomic E-state index is -0.343. The predicted octanol–water partition coefficient (Wildman–Crippen LogP) is 4.37. The van der Waals surface area contributed by atoms with Gasteiger partial charge in [0.25, 0.3) is 5.91 Å². The Labute approximate surface area is 188 Å². The molecule has 1 N–H and O–H groups in total. The molecule has 0 radical (unpaired) electrons. The monoisotopic (exact) mass is 453 g/mol. The van der Waals surface area contributed by atoms with Crippen molar-refractivity contribution in [2.45, 2.75) is 20.5 Å². The number of halogens is 1. The first kappa shape index (κ1) is 21.4. The number of carbonyl (C=O) groups is 1. The normalized spacial score (nSPS) is 10.8. The molecule has 0 spiro atoms.